The first-order chi connectivity index (χ1) is 10.1. The van der Waals surface area contributed by atoms with E-state index in [1.165, 1.54) is 0 Å². The van der Waals surface area contributed by atoms with E-state index >= 15 is 0 Å². The van der Waals surface area contributed by atoms with E-state index in [0.29, 0.717) is 11.3 Å². The topological polar surface area (TPSA) is 98.2 Å². The molecular formula is C14H14N6O. The van der Waals surface area contributed by atoms with E-state index in [4.69, 9.17) is 5.84 Å². The summed E-state index contributed by atoms with van der Waals surface area (Å²) in [6.45, 7) is 3.66. The van der Waals surface area contributed by atoms with Gasteiger partial charge < -0.3 is 0 Å². The van der Waals surface area contributed by atoms with Gasteiger partial charge in [0.15, 0.2) is 11.3 Å². The second-order valence-electron chi connectivity index (χ2n) is 4.67. The Bertz CT molecular complexity index is 824. The number of nitrogens with zero attached hydrogens (tertiary/aromatic N) is 4. The van der Waals surface area contributed by atoms with Crippen LogP contribution in [0.25, 0.3) is 16.8 Å². The fraction of sp³-hybridized carbons (Fsp3) is 0.143. The number of amides is 1. The number of carbonyl (C=O) groups is 1. The molecule has 0 saturated carbocycles. The lowest BCUT2D eigenvalue weighted by molar-refractivity contribution is 0.0946. The summed E-state index contributed by atoms with van der Waals surface area (Å²) in [5.74, 6) is 4.66. The minimum absolute atomic E-state index is 0.159. The van der Waals surface area contributed by atoms with Crippen LogP contribution in [0.15, 0.2) is 30.3 Å². The van der Waals surface area contributed by atoms with Gasteiger partial charge in [0.25, 0.3) is 5.91 Å². The van der Waals surface area contributed by atoms with Gasteiger partial charge in [0.1, 0.15) is 0 Å². The van der Waals surface area contributed by atoms with Gasteiger partial charge >= 0.3 is 0 Å². The first-order valence-electron chi connectivity index (χ1n) is 6.42. The SMILES string of the molecule is Cc1nn2c(C)c(C(=O)NN)nnc2c1-c1ccccc1. The normalized spacial score (nSPS) is 10.8. The number of aryl methyl sites for hydroxylation is 2. The number of rotatable bonds is 2. The first kappa shape index (κ1) is 13.2. The fourth-order valence-corrected chi connectivity index (χ4v) is 2.33. The van der Waals surface area contributed by atoms with Gasteiger partial charge in [0.2, 0.25) is 0 Å². The predicted octanol–water partition coefficient (Wildman–Crippen LogP) is 1.01. The smallest absolute Gasteiger partial charge is 0.287 e. The van der Waals surface area contributed by atoms with Gasteiger partial charge in [-0.2, -0.15) is 5.10 Å². The summed E-state index contributed by atoms with van der Waals surface area (Å²) < 4.78 is 1.62. The van der Waals surface area contributed by atoms with Crippen molar-refractivity contribution < 1.29 is 4.79 Å². The molecule has 0 aliphatic rings. The molecular weight excluding hydrogens is 268 g/mol. The van der Waals surface area contributed by atoms with Crippen molar-refractivity contribution in [3.05, 3.63) is 47.4 Å². The number of nitrogens with two attached hydrogens (primary N) is 1. The standard InChI is InChI=1S/C14H14N6O/c1-8-11(10-6-4-3-5-7-10)13-18-17-12(14(21)16-15)9(2)20(13)19-8/h3-7H,15H2,1-2H3,(H,16,21). The molecule has 0 saturated heterocycles. The minimum Gasteiger partial charge on any atom is -0.289 e. The van der Waals surface area contributed by atoms with Crippen LogP contribution in [0.4, 0.5) is 0 Å². The van der Waals surface area contributed by atoms with Crippen molar-refractivity contribution >= 4 is 11.6 Å². The van der Waals surface area contributed by atoms with Crippen LogP contribution in [0.5, 0.6) is 0 Å². The fourth-order valence-electron chi connectivity index (χ4n) is 2.33. The number of nitrogen functional groups attached to an aromatic ring is 1. The Balaban J connectivity index is 2.28. The number of aromatic nitrogens is 4. The van der Waals surface area contributed by atoms with E-state index in [1.54, 1.807) is 11.4 Å². The summed E-state index contributed by atoms with van der Waals surface area (Å²) in [5.41, 5.74) is 6.16. The van der Waals surface area contributed by atoms with E-state index in [9.17, 15) is 4.79 Å². The van der Waals surface area contributed by atoms with E-state index < -0.39 is 5.91 Å². The molecule has 0 atom stereocenters. The average Bonchev–Trinajstić information content (AvgIpc) is 2.85. The molecule has 21 heavy (non-hydrogen) atoms. The number of fused-ring (bicyclic) bond motifs is 1. The Morgan fingerprint density at radius 3 is 2.57 bits per heavy atom. The zero-order valence-electron chi connectivity index (χ0n) is 11.7. The van der Waals surface area contributed by atoms with Gasteiger partial charge in [-0.25, -0.2) is 10.4 Å². The third-order valence-electron chi connectivity index (χ3n) is 3.35. The highest BCUT2D eigenvalue weighted by Gasteiger charge is 2.19. The average molecular weight is 282 g/mol. The number of benzene rings is 1. The first-order valence-corrected chi connectivity index (χ1v) is 6.42. The maximum absolute atomic E-state index is 11.7. The summed E-state index contributed by atoms with van der Waals surface area (Å²) in [6.07, 6.45) is 0. The molecule has 2 aromatic heterocycles. The molecule has 3 rings (SSSR count). The van der Waals surface area contributed by atoms with Crippen LogP contribution >= 0.6 is 0 Å². The van der Waals surface area contributed by atoms with Crippen molar-refractivity contribution in [2.24, 2.45) is 5.84 Å². The number of hydrogen-bond acceptors (Lipinski definition) is 5. The maximum atomic E-state index is 11.7. The predicted molar refractivity (Wildman–Crippen MR) is 77.3 cm³/mol. The molecule has 1 amide bonds. The van der Waals surface area contributed by atoms with Gasteiger partial charge in [0.05, 0.1) is 17.0 Å². The Morgan fingerprint density at radius 1 is 1.19 bits per heavy atom. The van der Waals surface area contributed by atoms with Gasteiger partial charge in [0, 0.05) is 0 Å². The molecule has 0 radical (unpaired) electrons. The highest BCUT2D eigenvalue weighted by atomic mass is 16.2. The van der Waals surface area contributed by atoms with E-state index in [2.05, 4.69) is 20.7 Å². The van der Waals surface area contributed by atoms with Crippen LogP contribution in [0.2, 0.25) is 0 Å². The second kappa shape index (κ2) is 4.95. The Kier molecular flexibility index (Phi) is 3.11. The lowest BCUT2D eigenvalue weighted by atomic mass is 10.1. The Labute approximate surface area is 120 Å². The van der Waals surface area contributed by atoms with E-state index in [1.807, 2.05) is 37.3 Å². The summed E-state index contributed by atoms with van der Waals surface area (Å²) in [6, 6.07) is 9.83. The Morgan fingerprint density at radius 2 is 1.90 bits per heavy atom. The van der Waals surface area contributed by atoms with Crippen molar-refractivity contribution in [1.29, 1.82) is 0 Å². The number of nitrogens with one attached hydrogen (secondary N) is 1. The molecule has 7 nitrogen and oxygen atoms in total. The highest BCUT2D eigenvalue weighted by molar-refractivity contribution is 5.93. The van der Waals surface area contributed by atoms with Crippen LogP contribution in [0, 0.1) is 13.8 Å². The zero-order valence-corrected chi connectivity index (χ0v) is 11.7. The van der Waals surface area contributed by atoms with E-state index in [0.717, 1.165) is 16.8 Å². The van der Waals surface area contributed by atoms with Gasteiger partial charge in [-0.05, 0) is 19.4 Å². The lowest BCUT2D eigenvalue weighted by Crippen LogP contribution is -2.32. The third-order valence-corrected chi connectivity index (χ3v) is 3.35. The molecule has 0 aliphatic heterocycles. The molecule has 0 aliphatic carbocycles. The van der Waals surface area contributed by atoms with Crippen molar-refractivity contribution in [3.63, 3.8) is 0 Å². The number of hydrazine groups is 1. The molecule has 3 N–H and O–H groups in total. The molecule has 0 spiro atoms. The van der Waals surface area contributed by atoms with Crippen molar-refractivity contribution in [2.45, 2.75) is 13.8 Å². The van der Waals surface area contributed by atoms with Crippen LogP contribution < -0.4 is 11.3 Å². The molecule has 2 heterocycles. The van der Waals surface area contributed by atoms with Crippen molar-refractivity contribution in [3.8, 4) is 11.1 Å². The van der Waals surface area contributed by atoms with Crippen LogP contribution in [-0.4, -0.2) is 25.7 Å². The minimum atomic E-state index is -0.490. The second-order valence-corrected chi connectivity index (χ2v) is 4.67. The van der Waals surface area contributed by atoms with Gasteiger partial charge in [-0.15, -0.1) is 10.2 Å². The number of carbonyl (C=O) groups excluding carboxylic acids is 1. The molecule has 3 aromatic rings. The van der Waals surface area contributed by atoms with Gasteiger partial charge in [-0.3, -0.25) is 10.2 Å². The third kappa shape index (κ3) is 2.03. The van der Waals surface area contributed by atoms with Crippen molar-refractivity contribution in [1.82, 2.24) is 25.2 Å². The molecule has 106 valence electrons. The monoisotopic (exact) mass is 282 g/mol. The van der Waals surface area contributed by atoms with Crippen LogP contribution in [-0.2, 0) is 0 Å². The molecule has 7 heteroatoms. The van der Waals surface area contributed by atoms with E-state index in [-0.39, 0.29) is 5.69 Å². The van der Waals surface area contributed by atoms with Crippen molar-refractivity contribution in [2.75, 3.05) is 0 Å². The highest BCUT2D eigenvalue weighted by Crippen LogP contribution is 2.27. The van der Waals surface area contributed by atoms with Crippen LogP contribution in [0.3, 0.4) is 0 Å². The number of hydrogen-bond donors (Lipinski definition) is 2. The van der Waals surface area contributed by atoms with Gasteiger partial charge in [-0.1, -0.05) is 30.3 Å². The zero-order chi connectivity index (χ0) is 15.0. The maximum Gasteiger partial charge on any atom is 0.287 e. The Hall–Kier alpha value is -2.80. The molecule has 0 fully saturated rings. The largest absolute Gasteiger partial charge is 0.289 e. The molecule has 0 bridgehead atoms. The quantitative estimate of drug-likeness (QED) is 0.415. The van der Waals surface area contributed by atoms with Crippen LogP contribution in [0.1, 0.15) is 21.9 Å². The summed E-state index contributed by atoms with van der Waals surface area (Å²) in [4.78, 5) is 11.7. The molecule has 0 unspecified atom stereocenters. The summed E-state index contributed by atoms with van der Waals surface area (Å²) in [5, 5.41) is 12.6. The molecule has 1 aromatic carbocycles. The lowest BCUT2D eigenvalue weighted by Gasteiger charge is -2.04. The summed E-state index contributed by atoms with van der Waals surface area (Å²) >= 11 is 0. The summed E-state index contributed by atoms with van der Waals surface area (Å²) in [7, 11) is 0.